The van der Waals surface area contributed by atoms with Crippen molar-refractivity contribution >= 4 is 22.6 Å². The first-order chi connectivity index (χ1) is 9.31. The molecule has 0 spiro atoms. The maximum atomic E-state index is 3.87. The number of hydrogen-bond acceptors (Lipinski definition) is 1. The van der Waals surface area contributed by atoms with Gasteiger partial charge in [0, 0.05) is 16.2 Å². The topological polar surface area (TPSA) is 12.0 Å². The Labute approximate surface area is 129 Å². The summed E-state index contributed by atoms with van der Waals surface area (Å²) in [5.74, 6) is 4.25. The number of nitrogens with one attached hydrogen (secondary N) is 1. The Bertz CT molecular complexity index is 472. The largest absolute Gasteiger partial charge is 0.310 e. The second-order valence-corrected chi connectivity index (χ2v) is 8.02. The van der Waals surface area contributed by atoms with Gasteiger partial charge in [0.05, 0.1) is 0 Å². The zero-order chi connectivity index (χ0) is 12.8. The summed E-state index contributed by atoms with van der Waals surface area (Å²) in [4.78, 5) is 0. The van der Waals surface area contributed by atoms with Crippen LogP contribution in [0.4, 0.5) is 0 Å². The fraction of sp³-hybridized carbons (Fsp3) is 0.647. The highest BCUT2D eigenvalue weighted by molar-refractivity contribution is 14.1. The quantitative estimate of drug-likeness (QED) is 0.790. The van der Waals surface area contributed by atoms with E-state index in [9.17, 15) is 0 Å². The van der Waals surface area contributed by atoms with Crippen LogP contribution in [0, 0.1) is 27.2 Å². The molecule has 3 saturated carbocycles. The van der Waals surface area contributed by atoms with Gasteiger partial charge in [-0.25, -0.2) is 0 Å². The molecule has 102 valence electrons. The van der Waals surface area contributed by atoms with Crippen molar-refractivity contribution < 1.29 is 0 Å². The minimum Gasteiger partial charge on any atom is -0.310 e. The van der Waals surface area contributed by atoms with Gasteiger partial charge in [-0.2, -0.15) is 0 Å². The molecule has 0 radical (unpaired) electrons. The highest BCUT2D eigenvalue weighted by Crippen LogP contribution is 2.58. The van der Waals surface area contributed by atoms with Crippen LogP contribution in [0.2, 0.25) is 0 Å². The Morgan fingerprint density at radius 3 is 2.89 bits per heavy atom. The summed E-state index contributed by atoms with van der Waals surface area (Å²) in [5, 5.41) is 3.87. The van der Waals surface area contributed by atoms with Gasteiger partial charge in [0.2, 0.25) is 0 Å². The van der Waals surface area contributed by atoms with Crippen molar-refractivity contribution in [1.82, 2.24) is 5.32 Å². The third kappa shape index (κ3) is 2.25. The zero-order valence-corrected chi connectivity index (χ0v) is 13.5. The average Bonchev–Trinajstić information content (AvgIpc) is 3.08. The summed E-state index contributed by atoms with van der Waals surface area (Å²) in [7, 11) is 0. The minimum atomic E-state index is 0.808. The second-order valence-electron chi connectivity index (χ2n) is 6.77. The van der Waals surface area contributed by atoms with E-state index in [0.717, 1.165) is 36.3 Å². The molecular weight excluding hydrogens is 345 g/mol. The Kier molecular flexibility index (Phi) is 3.34. The highest BCUT2D eigenvalue weighted by atomic mass is 127. The molecule has 5 atom stereocenters. The van der Waals surface area contributed by atoms with Crippen molar-refractivity contribution in [2.75, 3.05) is 0 Å². The fourth-order valence-electron chi connectivity index (χ4n) is 5.20. The van der Waals surface area contributed by atoms with Crippen LogP contribution in [0.15, 0.2) is 24.3 Å². The molecule has 19 heavy (non-hydrogen) atoms. The van der Waals surface area contributed by atoms with E-state index < -0.39 is 0 Å². The molecule has 0 saturated heterocycles. The summed E-state index contributed by atoms with van der Waals surface area (Å²) >= 11 is 2.40. The first kappa shape index (κ1) is 12.6. The van der Waals surface area contributed by atoms with Gasteiger partial charge in [0.25, 0.3) is 0 Å². The van der Waals surface area contributed by atoms with Crippen molar-refractivity contribution in [3.63, 3.8) is 0 Å². The molecule has 1 N–H and O–H groups in total. The van der Waals surface area contributed by atoms with Crippen LogP contribution in [-0.4, -0.2) is 6.04 Å². The lowest BCUT2D eigenvalue weighted by Crippen LogP contribution is -2.38. The Morgan fingerprint density at radius 1 is 1.11 bits per heavy atom. The normalized spacial score (nSPS) is 39.7. The van der Waals surface area contributed by atoms with Crippen molar-refractivity contribution in [1.29, 1.82) is 0 Å². The molecule has 2 heteroatoms. The Hall–Kier alpha value is -0.0900. The van der Waals surface area contributed by atoms with Crippen molar-refractivity contribution in [3.8, 4) is 0 Å². The van der Waals surface area contributed by atoms with Gasteiger partial charge in [-0.15, -0.1) is 0 Å². The highest BCUT2D eigenvalue weighted by Gasteiger charge is 2.53. The van der Waals surface area contributed by atoms with Gasteiger partial charge in [-0.3, -0.25) is 0 Å². The molecule has 4 rings (SSSR count). The van der Waals surface area contributed by atoms with E-state index >= 15 is 0 Å². The second kappa shape index (κ2) is 5.03. The maximum Gasteiger partial charge on any atom is 0.0208 e. The number of benzene rings is 1. The van der Waals surface area contributed by atoms with Crippen molar-refractivity contribution in [2.24, 2.45) is 23.7 Å². The van der Waals surface area contributed by atoms with E-state index in [0.29, 0.717) is 0 Å². The Morgan fingerprint density at radius 2 is 2.00 bits per heavy atom. The summed E-state index contributed by atoms with van der Waals surface area (Å²) in [6.07, 6.45) is 7.55. The minimum absolute atomic E-state index is 0.808. The molecule has 0 amide bonds. The van der Waals surface area contributed by atoms with E-state index in [4.69, 9.17) is 0 Å². The van der Waals surface area contributed by atoms with Gasteiger partial charge in [0.15, 0.2) is 0 Å². The summed E-state index contributed by atoms with van der Waals surface area (Å²) < 4.78 is 1.35. The number of rotatable bonds is 3. The van der Waals surface area contributed by atoms with Crippen LogP contribution in [0.25, 0.3) is 0 Å². The van der Waals surface area contributed by atoms with Gasteiger partial charge >= 0.3 is 0 Å². The summed E-state index contributed by atoms with van der Waals surface area (Å²) in [6.45, 7) is 1.06. The third-order valence-corrected chi connectivity index (χ3v) is 6.56. The van der Waals surface area contributed by atoms with E-state index in [1.54, 1.807) is 0 Å². The smallest absolute Gasteiger partial charge is 0.0208 e. The standard InChI is InChI=1S/C17H22IN/c18-13-4-1-3-11(7-13)10-19-17-9-12-8-16(17)15-6-2-5-14(12)15/h1,3-4,7,12,14-17,19H,2,5-6,8-10H2/t12-,14+,15+,16-,17+/m0/s1. The molecule has 2 bridgehead atoms. The maximum absolute atomic E-state index is 3.87. The lowest BCUT2D eigenvalue weighted by Gasteiger charge is -2.32. The summed E-state index contributed by atoms with van der Waals surface area (Å²) in [5.41, 5.74) is 1.44. The average molecular weight is 367 g/mol. The monoisotopic (exact) mass is 367 g/mol. The molecule has 0 unspecified atom stereocenters. The van der Waals surface area contributed by atoms with Crippen molar-refractivity contribution in [3.05, 3.63) is 33.4 Å². The first-order valence-electron chi connectivity index (χ1n) is 7.79. The number of halogens is 1. The molecule has 3 aliphatic rings. The Balaban J connectivity index is 1.40. The third-order valence-electron chi connectivity index (χ3n) is 5.89. The SMILES string of the molecule is Ic1cccc(CN[C@@H]2C[C@@H]3C[C@H]2[C@@H]2CCC[C@H]32)c1. The molecule has 0 aromatic heterocycles. The van der Waals surface area contributed by atoms with E-state index in [1.165, 1.54) is 41.2 Å². The number of hydrogen-bond donors (Lipinski definition) is 1. The lowest BCUT2D eigenvalue weighted by atomic mass is 9.79. The molecule has 3 fully saturated rings. The van der Waals surface area contributed by atoms with Crippen LogP contribution in [0.5, 0.6) is 0 Å². The van der Waals surface area contributed by atoms with Crippen LogP contribution < -0.4 is 5.32 Å². The van der Waals surface area contributed by atoms with Gasteiger partial charge < -0.3 is 5.32 Å². The van der Waals surface area contributed by atoms with E-state index in [1.807, 2.05) is 0 Å². The van der Waals surface area contributed by atoms with Crippen LogP contribution in [0.3, 0.4) is 0 Å². The van der Waals surface area contributed by atoms with Crippen molar-refractivity contribution in [2.45, 2.75) is 44.7 Å². The van der Waals surface area contributed by atoms with Crippen LogP contribution in [0.1, 0.15) is 37.7 Å². The van der Waals surface area contributed by atoms with Crippen LogP contribution >= 0.6 is 22.6 Å². The lowest BCUT2D eigenvalue weighted by molar-refractivity contribution is 0.208. The molecule has 3 aliphatic carbocycles. The predicted octanol–water partition coefficient (Wildman–Crippen LogP) is 4.21. The summed E-state index contributed by atoms with van der Waals surface area (Å²) in [6, 6.07) is 9.71. The molecular formula is C17H22IN. The van der Waals surface area contributed by atoms with Gasteiger partial charge in [-0.1, -0.05) is 18.6 Å². The molecule has 0 heterocycles. The zero-order valence-electron chi connectivity index (χ0n) is 11.3. The molecule has 1 aromatic rings. The van der Waals surface area contributed by atoms with E-state index in [-0.39, 0.29) is 0 Å². The molecule has 1 nitrogen and oxygen atoms in total. The fourth-order valence-corrected chi connectivity index (χ4v) is 5.81. The van der Waals surface area contributed by atoms with Gasteiger partial charge in [-0.05, 0) is 89.6 Å². The molecule has 0 aliphatic heterocycles. The van der Waals surface area contributed by atoms with E-state index in [2.05, 4.69) is 52.2 Å². The molecule has 1 aromatic carbocycles. The first-order valence-corrected chi connectivity index (χ1v) is 8.87. The van der Waals surface area contributed by atoms with Gasteiger partial charge in [0.1, 0.15) is 0 Å². The predicted molar refractivity (Wildman–Crippen MR) is 86.8 cm³/mol. The van der Waals surface area contributed by atoms with Crippen LogP contribution in [-0.2, 0) is 6.54 Å². The number of fused-ring (bicyclic) bond motifs is 5.